The van der Waals surface area contributed by atoms with Crippen molar-refractivity contribution in [3.63, 3.8) is 0 Å². The lowest BCUT2D eigenvalue weighted by Crippen LogP contribution is -2.32. The van der Waals surface area contributed by atoms with Gasteiger partial charge >= 0.3 is 0 Å². The fraction of sp³-hybridized carbons (Fsp3) is 0.500. The van der Waals surface area contributed by atoms with Gasteiger partial charge in [0.15, 0.2) is 0 Å². The summed E-state index contributed by atoms with van der Waals surface area (Å²) in [5.74, 6) is -0.0289. The summed E-state index contributed by atoms with van der Waals surface area (Å²) < 4.78 is 1.82. The summed E-state index contributed by atoms with van der Waals surface area (Å²) in [6.07, 6.45) is 0. The first-order chi connectivity index (χ1) is 6.79. The molecule has 1 aromatic heterocycles. The van der Waals surface area contributed by atoms with E-state index in [-0.39, 0.29) is 11.3 Å². The zero-order chi connectivity index (χ0) is 11.6. The van der Waals surface area contributed by atoms with Crippen molar-refractivity contribution in [3.8, 4) is 0 Å². The van der Waals surface area contributed by atoms with Gasteiger partial charge in [-0.2, -0.15) is 0 Å². The van der Waals surface area contributed by atoms with E-state index in [4.69, 9.17) is 0 Å². The number of hydrogen-bond acceptors (Lipinski definition) is 2. The topological polar surface area (TPSA) is 29.1 Å². The molecule has 0 bridgehead atoms. The van der Waals surface area contributed by atoms with Crippen LogP contribution in [0.3, 0.4) is 0 Å². The van der Waals surface area contributed by atoms with Gasteiger partial charge in [-0.3, -0.25) is 4.79 Å². The summed E-state index contributed by atoms with van der Waals surface area (Å²) in [4.78, 5) is 11.8. The number of thiophene rings is 1. The molecular formula is C10H13Br2NOS. The number of hydrogen-bond donors (Lipinski definition) is 1. The predicted molar refractivity (Wildman–Crippen MR) is 71.5 cm³/mol. The minimum atomic E-state index is -0.0289. The molecule has 0 aliphatic rings. The molecule has 0 spiro atoms. The Balaban J connectivity index is 2.66. The molecule has 1 amide bonds. The van der Waals surface area contributed by atoms with Gasteiger partial charge in [-0.25, -0.2) is 0 Å². The minimum absolute atomic E-state index is 0.0289. The summed E-state index contributed by atoms with van der Waals surface area (Å²) in [6.45, 7) is 6.94. The van der Waals surface area contributed by atoms with E-state index >= 15 is 0 Å². The van der Waals surface area contributed by atoms with Crippen molar-refractivity contribution in [2.75, 3.05) is 6.54 Å². The third-order valence-electron chi connectivity index (χ3n) is 1.68. The van der Waals surface area contributed by atoms with E-state index in [0.717, 1.165) is 7.57 Å². The average Bonchev–Trinajstić information content (AvgIpc) is 2.40. The Morgan fingerprint density at radius 1 is 1.47 bits per heavy atom. The number of halogens is 2. The second kappa shape index (κ2) is 4.97. The van der Waals surface area contributed by atoms with Crippen LogP contribution in [0.25, 0.3) is 0 Å². The van der Waals surface area contributed by atoms with Crippen LogP contribution in [-0.2, 0) is 0 Å². The highest BCUT2D eigenvalue weighted by molar-refractivity contribution is 9.12. The second-order valence-electron chi connectivity index (χ2n) is 4.48. The first-order valence-corrected chi connectivity index (χ1v) is 6.93. The highest BCUT2D eigenvalue weighted by atomic mass is 79.9. The number of rotatable bonds is 2. The average molecular weight is 355 g/mol. The molecule has 15 heavy (non-hydrogen) atoms. The van der Waals surface area contributed by atoms with Crippen molar-refractivity contribution in [3.05, 3.63) is 19.2 Å². The maximum atomic E-state index is 11.8. The molecule has 0 fully saturated rings. The van der Waals surface area contributed by atoms with Crippen LogP contribution in [0.15, 0.2) is 13.6 Å². The van der Waals surface area contributed by atoms with Crippen molar-refractivity contribution in [1.29, 1.82) is 0 Å². The Hall–Kier alpha value is 0.130. The molecule has 84 valence electrons. The van der Waals surface area contributed by atoms with E-state index in [1.54, 1.807) is 0 Å². The van der Waals surface area contributed by atoms with E-state index < -0.39 is 0 Å². The molecule has 1 heterocycles. The van der Waals surface area contributed by atoms with Crippen LogP contribution >= 0.6 is 43.2 Å². The Morgan fingerprint density at radius 2 is 2.07 bits per heavy atom. The number of carbonyl (C=O) groups is 1. The van der Waals surface area contributed by atoms with Crippen LogP contribution in [0.2, 0.25) is 0 Å². The number of carbonyl (C=O) groups excluding carboxylic acids is 1. The van der Waals surface area contributed by atoms with Gasteiger partial charge in [0.2, 0.25) is 0 Å². The Kier molecular flexibility index (Phi) is 4.38. The van der Waals surface area contributed by atoms with Gasteiger partial charge < -0.3 is 5.32 Å². The highest BCUT2D eigenvalue weighted by Crippen LogP contribution is 2.31. The normalized spacial score (nSPS) is 11.5. The SMILES string of the molecule is CC(C)(C)CNC(=O)c1cc(Br)sc1Br. The van der Waals surface area contributed by atoms with Gasteiger partial charge in [0.05, 0.1) is 13.1 Å². The molecule has 0 aromatic carbocycles. The zero-order valence-corrected chi connectivity index (χ0v) is 12.8. The van der Waals surface area contributed by atoms with Crippen LogP contribution in [0.1, 0.15) is 31.1 Å². The molecule has 1 N–H and O–H groups in total. The maximum absolute atomic E-state index is 11.8. The summed E-state index contributed by atoms with van der Waals surface area (Å²) >= 11 is 8.22. The van der Waals surface area contributed by atoms with E-state index in [9.17, 15) is 4.79 Å². The molecule has 0 saturated carbocycles. The first-order valence-electron chi connectivity index (χ1n) is 4.52. The fourth-order valence-corrected chi connectivity index (χ4v) is 3.73. The number of nitrogens with one attached hydrogen (secondary N) is 1. The van der Waals surface area contributed by atoms with Crippen molar-refractivity contribution in [2.24, 2.45) is 5.41 Å². The van der Waals surface area contributed by atoms with Gasteiger partial charge in [0, 0.05) is 6.54 Å². The molecule has 0 atom stereocenters. The van der Waals surface area contributed by atoms with Crippen molar-refractivity contribution in [2.45, 2.75) is 20.8 Å². The monoisotopic (exact) mass is 353 g/mol. The van der Waals surface area contributed by atoms with Gasteiger partial charge in [0.1, 0.15) is 0 Å². The Labute approximate surface area is 111 Å². The zero-order valence-electron chi connectivity index (χ0n) is 8.86. The molecule has 0 aliphatic heterocycles. The van der Waals surface area contributed by atoms with Gasteiger partial charge in [-0.15, -0.1) is 11.3 Å². The third-order valence-corrected chi connectivity index (χ3v) is 4.02. The second-order valence-corrected chi connectivity index (χ2v) is 8.23. The molecule has 0 aliphatic carbocycles. The molecule has 5 heteroatoms. The summed E-state index contributed by atoms with van der Waals surface area (Å²) in [5.41, 5.74) is 0.797. The first kappa shape index (κ1) is 13.2. The third kappa shape index (κ3) is 4.25. The molecule has 0 radical (unpaired) electrons. The Bertz CT molecular complexity index is 368. The smallest absolute Gasteiger partial charge is 0.253 e. The number of amides is 1. The van der Waals surface area contributed by atoms with E-state index in [1.807, 2.05) is 6.07 Å². The maximum Gasteiger partial charge on any atom is 0.253 e. The van der Waals surface area contributed by atoms with Crippen molar-refractivity contribution >= 4 is 49.1 Å². The molecule has 1 aromatic rings. The largest absolute Gasteiger partial charge is 0.351 e. The van der Waals surface area contributed by atoms with Gasteiger partial charge in [0.25, 0.3) is 5.91 Å². The molecular weight excluding hydrogens is 342 g/mol. The van der Waals surface area contributed by atoms with Crippen LogP contribution in [0, 0.1) is 5.41 Å². The summed E-state index contributed by atoms with van der Waals surface area (Å²) in [7, 11) is 0. The highest BCUT2D eigenvalue weighted by Gasteiger charge is 2.16. The standard InChI is InChI=1S/C10H13Br2NOS/c1-10(2,3)5-13-9(14)6-4-7(11)15-8(6)12/h4H,5H2,1-3H3,(H,13,14). The van der Waals surface area contributed by atoms with E-state index in [1.165, 1.54) is 11.3 Å². The van der Waals surface area contributed by atoms with Crippen LogP contribution in [-0.4, -0.2) is 12.5 Å². The van der Waals surface area contributed by atoms with Crippen LogP contribution < -0.4 is 5.32 Å². The van der Waals surface area contributed by atoms with Crippen molar-refractivity contribution in [1.82, 2.24) is 5.32 Å². The van der Waals surface area contributed by atoms with Crippen LogP contribution in [0.4, 0.5) is 0 Å². The summed E-state index contributed by atoms with van der Waals surface area (Å²) in [6, 6.07) is 1.83. The van der Waals surface area contributed by atoms with Gasteiger partial charge in [-0.1, -0.05) is 20.8 Å². The lowest BCUT2D eigenvalue weighted by Gasteiger charge is -2.18. The molecule has 0 unspecified atom stereocenters. The minimum Gasteiger partial charge on any atom is -0.351 e. The summed E-state index contributed by atoms with van der Waals surface area (Å²) in [5, 5.41) is 2.91. The fourth-order valence-electron chi connectivity index (χ4n) is 0.936. The lowest BCUT2D eigenvalue weighted by atomic mass is 9.97. The van der Waals surface area contributed by atoms with Crippen molar-refractivity contribution < 1.29 is 4.79 Å². The molecule has 0 saturated heterocycles. The van der Waals surface area contributed by atoms with Crippen LogP contribution in [0.5, 0.6) is 0 Å². The molecule has 2 nitrogen and oxygen atoms in total. The lowest BCUT2D eigenvalue weighted by molar-refractivity contribution is 0.0939. The van der Waals surface area contributed by atoms with Gasteiger partial charge in [-0.05, 0) is 43.3 Å². The quantitative estimate of drug-likeness (QED) is 0.852. The molecule has 1 rings (SSSR count). The Morgan fingerprint density at radius 3 is 2.47 bits per heavy atom. The predicted octanol–water partition coefficient (Wildman–Crippen LogP) is 4.05. The van der Waals surface area contributed by atoms with E-state index in [2.05, 4.69) is 57.9 Å². The van der Waals surface area contributed by atoms with E-state index in [0.29, 0.717) is 12.1 Å².